The average molecular weight is 270 g/mol. The van der Waals surface area contributed by atoms with E-state index in [-0.39, 0.29) is 0 Å². The number of hydrogen-bond donors (Lipinski definition) is 2. The molecule has 0 aliphatic carbocycles. The number of aryl methyl sites for hydroxylation is 2. The van der Waals surface area contributed by atoms with Gasteiger partial charge in [-0.3, -0.25) is 9.78 Å². The van der Waals surface area contributed by atoms with Gasteiger partial charge < -0.3 is 11.5 Å². The van der Waals surface area contributed by atoms with E-state index in [0.717, 1.165) is 25.7 Å². The van der Waals surface area contributed by atoms with E-state index in [2.05, 4.69) is 0 Å². The Morgan fingerprint density at radius 2 is 1.15 bits per heavy atom. The summed E-state index contributed by atoms with van der Waals surface area (Å²) >= 11 is 0. The van der Waals surface area contributed by atoms with Crippen molar-refractivity contribution >= 4 is 11.4 Å². The maximum absolute atomic E-state index is 5.90. The second-order valence-corrected chi connectivity index (χ2v) is 5.12. The zero-order chi connectivity index (χ0) is 13.9. The minimum atomic E-state index is 0.535. The van der Waals surface area contributed by atoms with E-state index < -0.39 is 0 Å². The van der Waals surface area contributed by atoms with E-state index in [0.29, 0.717) is 22.9 Å². The van der Waals surface area contributed by atoms with Crippen molar-refractivity contribution < 1.29 is 9.78 Å². The van der Waals surface area contributed by atoms with Crippen LogP contribution in [0.15, 0.2) is 36.4 Å². The van der Waals surface area contributed by atoms with Crippen LogP contribution in [0.2, 0.25) is 0 Å². The third kappa shape index (κ3) is 2.64. The summed E-state index contributed by atoms with van der Waals surface area (Å²) in [5.74, 6) is 1.07. The Labute approximate surface area is 118 Å². The van der Waals surface area contributed by atoms with Gasteiger partial charge in [-0.1, -0.05) is 12.1 Å². The van der Waals surface area contributed by atoms with Gasteiger partial charge in [0.25, 0.3) is 0 Å². The zero-order valence-corrected chi connectivity index (χ0v) is 11.3. The average Bonchev–Trinajstić information content (AvgIpc) is 2.45. The lowest BCUT2D eigenvalue weighted by molar-refractivity contribution is -0.0985. The van der Waals surface area contributed by atoms with E-state index in [9.17, 15) is 0 Å². The molecule has 1 heterocycles. The lowest BCUT2D eigenvalue weighted by Crippen LogP contribution is -2.06. The van der Waals surface area contributed by atoms with Crippen LogP contribution in [0.1, 0.15) is 24.0 Å². The van der Waals surface area contributed by atoms with Crippen LogP contribution < -0.4 is 21.2 Å². The van der Waals surface area contributed by atoms with Gasteiger partial charge in [0.05, 0.1) is 11.4 Å². The first-order chi connectivity index (χ1) is 9.72. The Morgan fingerprint density at radius 1 is 0.700 bits per heavy atom. The molecule has 2 aromatic rings. The third-order valence-corrected chi connectivity index (χ3v) is 3.56. The molecule has 2 aromatic carbocycles. The Kier molecular flexibility index (Phi) is 3.37. The maximum Gasteiger partial charge on any atom is 0.201 e. The molecule has 4 bridgehead atoms. The molecule has 0 atom stereocenters. The summed E-state index contributed by atoms with van der Waals surface area (Å²) in [6, 6.07) is 11.6. The monoisotopic (exact) mass is 270 g/mol. The van der Waals surface area contributed by atoms with Gasteiger partial charge in [0.15, 0.2) is 0 Å². The highest BCUT2D eigenvalue weighted by Crippen LogP contribution is 2.29. The molecule has 0 radical (unpaired) electrons. The first kappa shape index (κ1) is 12.7. The predicted octanol–water partition coefficient (Wildman–Crippen LogP) is 3.10. The standard InChI is InChI=1S/C16H18N2O2/c17-13-7-5-11-3-1-2-4-12-6-8-14(18)16(10-12)20-19-15(13)9-11/h5-10H,1-4,17-18H2. The number of benzene rings is 2. The topological polar surface area (TPSA) is 70.5 Å². The van der Waals surface area contributed by atoms with E-state index in [1.165, 1.54) is 11.1 Å². The first-order valence-electron chi connectivity index (χ1n) is 6.84. The van der Waals surface area contributed by atoms with Gasteiger partial charge in [-0.15, -0.1) is 0 Å². The molecule has 3 rings (SSSR count). The van der Waals surface area contributed by atoms with Crippen LogP contribution in [0, 0.1) is 0 Å². The van der Waals surface area contributed by atoms with Gasteiger partial charge in [0, 0.05) is 0 Å². The Hall–Kier alpha value is -2.36. The second-order valence-electron chi connectivity index (χ2n) is 5.12. The fourth-order valence-electron chi connectivity index (χ4n) is 2.36. The van der Waals surface area contributed by atoms with Crippen molar-refractivity contribution in [2.75, 3.05) is 11.5 Å². The number of nitrogens with two attached hydrogens (primary N) is 2. The SMILES string of the molecule is Nc1ccc2cc1OOc1cc(ccc1N)CCCC2. The lowest BCUT2D eigenvalue weighted by Gasteiger charge is -2.13. The molecule has 4 nitrogen and oxygen atoms in total. The minimum Gasteiger partial charge on any atom is -0.396 e. The molecule has 0 saturated carbocycles. The van der Waals surface area contributed by atoms with Crippen LogP contribution in [0.5, 0.6) is 11.5 Å². The lowest BCUT2D eigenvalue weighted by atomic mass is 10.0. The van der Waals surface area contributed by atoms with Crippen molar-refractivity contribution in [2.45, 2.75) is 25.7 Å². The quantitative estimate of drug-likeness (QED) is 0.570. The van der Waals surface area contributed by atoms with Crippen molar-refractivity contribution in [3.63, 3.8) is 0 Å². The molecule has 104 valence electrons. The number of fused-ring (bicyclic) bond motifs is 4. The fraction of sp³-hybridized carbons (Fsp3) is 0.250. The molecule has 4 heteroatoms. The van der Waals surface area contributed by atoms with Crippen LogP contribution in [0.25, 0.3) is 0 Å². The van der Waals surface area contributed by atoms with Gasteiger partial charge >= 0.3 is 0 Å². The summed E-state index contributed by atoms with van der Waals surface area (Å²) in [6.07, 6.45) is 4.28. The van der Waals surface area contributed by atoms with Gasteiger partial charge in [-0.05, 0) is 61.1 Å². The summed E-state index contributed by atoms with van der Waals surface area (Å²) in [4.78, 5) is 10.7. The predicted molar refractivity (Wildman–Crippen MR) is 79.6 cm³/mol. The zero-order valence-electron chi connectivity index (χ0n) is 11.3. The summed E-state index contributed by atoms with van der Waals surface area (Å²) in [7, 11) is 0. The fourth-order valence-corrected chi connectivity index (χ4v) is 2.36. The first-order valence-corrected chi connectivity index (χ1v) is 6.84. The Bertz CT molecular complexity index is 570. The minimum absolute atomic E-state index is 0.535. The summed E-state index contributed by atoms with van der Waals surface area (Å²) < 4.78 is 0. The van der Waals surface area contributed by atoms with Crippen LogP contribution in [0.3, 0.4) is 0 Å². The third-order valence-electron chi connectivity index (χ3n) is 3.56. The number of hydrogen-bond acceptors (Lipinski definition) is 4. The number of anilines is 2. The van der Waals surface area contributed by atoms with E-state index in [1.807, 2.05) is 36.4 Å². The Balaban J connectivity index is 1.94. The van der Waals surface area contributed by atoms with Crippen LogP contribution in [0.4, 0.5) is 11.4 Å². The highest BCUT2D eigenvalue weighted by molar-refractivity contribution is 5.55. The molecule has 20 heavy (non-hydrogen) atoms. The summed E-state index contributed by atoms with van der Waals surface area (Å²) in [5.41, 5.74) is 15.3. The molecule has 0 fully saturated rings. The van der Waals surface area contributed by atoms with E-state index in [1.54, 1.807) is 0 Å². The molecule has 0 aromatic heterocycles. The van der Waals surface area contributed by atoms with Crippen molar-refractivity contribution in [1.82, 2.24) is 0 Å². The molecule has 0 spiro atoms. The van der Waals surface area contributed by atoms with Gasteiger partial charge in [0.1, 0.15) is 0 Å². The molecule has 1 aliphatic heterocycles. The molecule has 1 aliphatic rings. The molecular weight excluding hydrogens is 252 g/mol. The second kappa shape index (κ2) is 5.33. The summed E-state index contributed by atoms with van der Waals surface area (Å²) in [5, 5.41) is 0. The van der Waals surface area contributed by atoms with Crippen molar-refractivity contribution in [3.8, 4) is 11.5 Å². The van der Waals surface area contributed by atoms with Gasteiger partial charge in [-0.25, -0.2) is 0 Å². The Morgan fingerprint density at radius 3 is 1.60 bits per heavy atom. The van der Waals surface area contributed by atoms with Crippen LogP contribution in [-0.4, -0.2) is 0 Å². The molecule has 4 N–H and O–H groups in total. The van der Waals surface area contributed by atoms with E-state index in [4.69, 9.17) is 21.2 Å². The van der Waals surface area contributed by atoms with Crippen molar-refractivity contribution in [2.24, 2.45) is 0 Å². The highest BCUT2D eigenvalue weighted by atomic mass is 17.2. The smallest absolute Gasteiger partial charge is 0.201 e. The maximum atomic E-state index is 5.90. The largest absolute Gasteiger partial charge is 0.396 e. The molecular formula is C16H18N2O2. The van der Waals surface area contributed by atoms with Crippen LogP contribution >= 0.6 is 0 Å². The highest BCUT2D eigenvalue weighted by Gasteiger charge is 2.09. The van der Waals surface area contributed by atoms with Crippen LogP contribution in [-0.2, 0) is 12.8 Å². The van der Waals surface area contributed by atoms with E-state index >= 15 is 0 Å². The van der Waals surface area contributed by atoms with Gasteiger partial charge in [0.2, 0.25) is 11.5 Å². The molecule has 0 saturated heterocycles. The summed E-state index contributed by atoms with van der Waals surface area (Å²) in [6.45, 7) is 0. The van der Waals surface area contributed by atoms with Crippen molar-refractivity contribution in [1.29, 1.82) is 0 Å². The molecule has 0 unspecified atom stereocenters. The molecule has 0 amide bonds. The van der Waals surface area contributed by atoms with Crippen molar-refractivity contribution in [3.05, 3.63) is 47.5 Å². The normalized spacial score (nSPS) is 14.4. The van der Waals surface area contributed by atoms with Gasteiger partial charge in [-0.2, -0.15) is 0 Å². The number of rotatable bonds is 0. The number of nitrogen functional groups attached to an aromatic ring is 2.